The number of para-hydroxylation sites is 2. The minimum absolute atomic E-state index is 0.0709. The highest BCUT2D eigenvalue weighted by Gasteiger charge is 2.46. The van der Waals surface area contributed by atoms with Crippen LogP contribution in [-0.4, -0.2) is 49.1 Å². The van der Waals surface area contributed by atoms with Crippen LogP contribution in [0.4, 0.5) is 20.6 Å². The fourth-order valence-corrected chi connectivity index (χ4v) is 5.14. The maximum atomic E-state index is 13.9. The molecule has 10 heteroatoms. The Labute approximate surface area is 225 Å². The van der Waals surface area contributed by atoms with E-state index in [0.717, 1.165) is 11.1 Å². The molecule has 0 bridgehead atoms. The lowest BCUT2D eigenvalue weighted by molar-refractivity contribution is -0.142. The average molecular weight is 536 g/mol. The molecule has 0 saturated carbocycles. The first-order valence-corrected chi connectivity index (χ1v) is 12.7. The third-order valence-corrected chi connectivity index (χ3v) is 6.96. The molecule has 0 aromatic heterocycles. The number of urea groups is 1. The number of amides is 3. The standard InChI is InChI=1S/C29H30FN3O6/c1-37-24-9-5-2-6-17(24)15-31-27(35)14-19-13-21-20-12-18(10-11-25(20)39-28(21)26(16-34)38-19)32-29(36)33-23-8-4-3-7-22(23)30/h2-12,19,21,26,28,34H,13-16H2,1H3,(H,31,35)(H2,32,33,36)/t19-,21+,26+,28-/m0/s1. The Morgan fingerprint density at radius 2 is 1.87 bits per heavy atom. The zero-order chi connectivity index (χ0) is 27.4. The highest BCUT2D eigenvalue weighted by Crippen LogP contribution is 2.47. The quantitative estimate of drug-likeness (QED) is 0.344. The number of anilines is 2. The molecule has 0 radical (unpaired) electrons. The average Bonchev–Trinajstić information content (AvgIpc) is 3.30. The molecule has 2 heterocycles. The Morgan fingerprint density at radius 3 is 2.67 bits per heavy atom. The monoisotopic (exact) mass is 535 g/mol. The van der Waals surface area contributed by atoms with E-state index in [2.05, 4.69) is 16.0 Å². The molecule has 0 unspecified atom stereocenters. The zero-order valence-corrected chi connectivity index (χ0v) is 21.4. The number of nitrogens with one attached hydrogen (secondary N) is 3. The minimum atomic E-state index is -0.607. The summed E-state index contributed by atoms with van der Waals surface area (Å²) in [5.41, 5.74) is 2.29. The molecule has 1 saturated heterocycles. The van der Waals surface area contributed by atoms with Crippen molar-refractivity contribution < 1.29 is 33.3 Å². The second-order valence-electron chi connectivity index (χ2n) is 9.51. The number of carbonyl (C=O) groups excluding carboxylic acids is 2. The van der Waals surface area contributed by atoms with Crippen molar-refractivity contribution in [3.8, 4) is 11.5 Å². The molecule has 0 spiro atoms. The van der Waals surface area contributed by atoms with Crippen LogP contribution in [-0.2, 0) is 16.1 Å². The Morgan fingerprint density at radius 1 is 1.08 bits per heavy atom. The summed E-state index contributed by atoms with van der Waals surface area (Å²) < 4.78 is 31.4. The van der Waals surface area contributed by atoms with Gasteiger partial charge >= 0.3 is 6.03 Å². The Hall–Kier alpha value is -4.15. The van der Waals surface area contributed by atoms with Gasteiger partial charge in [0.15, 0.2) is 0 Å². The van der Waals surface area contributed by atoms with Crippen molar-refractivity contribution in [2.75, 3.05) is 24.4 Å². The number of halogens is 1. The van der Waals surface area contributed by atoms with Crippen molar-refractivity contribution in [1.29, 1.82) is 0 Å². The van der Waals surface area contributed by atoms with E-state index >= 15 is 0 Å². The van der Waals surface area contributed by atoms with E-state index in [4.69, 9.17) is 14.2 Å². The summed E-state index contributed by atoms with van der Waals surface area (Å²) >= 11 is 0. The van der Waals surface area contributed by atoms with Crippen molar-refractivity contribution in [3.63, 3.8) is 0 Å². The number of benzene rings is 3. The van der Waals surface area contributed by atoms with E-state index in [9.17, 15) is 19.1 Å². The van der Waals surface area contributed by atoms with E-state index in [-0.39, 0.29) is 30.5 Å². The van der Waals surface area contributed by atoms with Crippen LogP contribution in [0.5, 0.6) is 11.5 Å². The van der Waals surface area contributed by atoms with Gasteiger partial charge in [0.05, 0.1) is 31.9 Å². The van der Waals surface area contributed by atoms with Crippen LogP contribution in [0.1, 0.15) is 29.9 Å². The van der Waals surface area contributed by atoms with Gasteiger partial charge in [-0.1, -0.05) is 30.3 Å². The van der Waals surface area contributed by atoms with Gasteiger partial charge in [-0.2, -0.15) is 0 Å². The molecule has 204 valence electrons. The number of hydrogen-bond acceptors (Lipinski definition) is 6. The predicted molar refractivity (Wildman–Crippen MR) is 142 cm³/mol. The third kappa shape index (κ3) is 5.97. The number of ether oxygens (including phenoxy) is 3. The second kappa shape index (κ2) is 11.7. The van der Waals surface area contributed by atoms with Crippen molar-refractivity contribution in [1.82, 2.24) is 5.32 Å². The van der Waals surface area contributed by atoms with Gasteiger partial charge < -0.3 is 35.3 Å². The largest absolute Gasteiger partial charge is 0.496 e. The summed E-state index contributed by atoms with van der Waals surface area (Å²) in [6, 6.07) is 18.0. The van der Waals surface area contributed by atoms with Crippen LogP contribution in [0.15, 0.2) is 66.7 Å². The highest BCUT2D eigenvalue weighted by molar-refractivity contribution is 6.00. The maximum Gasteiger partial charge on any atom is 0.323 e. The number of rotatable bonds is 8. The Balaban J connectivity index is 1.24. The molecule has 4 N–H and O–H groups in total. The molecule has 9 nitrogen and oxygen atoms in total. The topological polar surface area (TPSA) is 118 Å². The molecule has 3 amide bonds. The molecule has 39 heavy (non-hydrogen) atoms. The lowest BCUT2D eigenvalue weighted by atomic mass is 9.84. The zero-order valence-electron chi connectivity index (χ0n) is 21.4. The van der Waals surface area contributed by atoms with Gasteiger partial charge in [-0.05, 0) is 42.8 Å². The van der Waals surface area contributed by atoms with Crippen molar-refractivity contribution >= 4 is 23.3 Å². The Kier molecular flexibility index (Phi) is 7.94. The van der Waals surface area contributed by atoms with E-state index < -0.39 is 30.2 Å². The Bertz CT molecular complexity index is 1350. The lowest BCUT2D eigenvalue weighted by Crippen LogP contribution is -2.47. The summed E-state index contributed by atoms with van der Waals surface area (Å²) in [4.78, 5) is 25.2. The highest BCUT2D eigenvalue weighted by atomic mass is 19.1. The molecule has 3 aromatic rings. The van der Waals surface area contributed by atoms with Crippen molar-refractivity contribution in [3.05, 3.63) is 83.7 Å². The molecule has 4 atom stereocenters. The van der Waals surface area contributed by atoms with Crippen molar-refractivity contribution in [2.24, 2.45) is 0 Å². The van der Waals surface area contributed by atoms with Crippen LogP contribution in [0.2, 0.25) is 0 Å². The normalized spacial score (nSPS) is 21.2. The number of hydrogen-bond donors (Lipinski definition) is 4. The molecule has 2 aliphatic rings. The van der Waals surface area contributed by atoms with Gasteiger partial charge in [0.2, 0.25) is 5.91 Å². The van der Waals surface area contributed by atoms with E-state index in [0.29, 0.717) is 30.2 Å². The van der Waals surface area contributed by atoms with Crippen LogP contribution < -0.4 is 25.4 Å². The molecule has 0 aliphatic carbocycles. The molecule has 2 aliphatic heterocycles. The van der Waals surface area contributed by atoms with Crippen molar-refractivity contribution in [2.45, 2.75) is 43.6 Å². The summed E-state index contributed by atoms with van der Waals surface area (Å²) in [6.07, 6.45) is -0.838. The van der Waals surface area contributed by atoms with Gasteiger partial charge in [0.25, 0.3) is 0 Å². The van der Waals surface area contributed by atoms with Crippen LogP contribution in [0.25, 0.3) is 0 Å². The predicted octanol–water partition coefficient (Wildman–Crippen LogP) is 4.18. The fraction of sp³-hybridized carbons (Fsp3) is 0.310. The first-order chi connectivity index (χ1) is 18.9. The lowest BCUT2D eigenvalue weighted by Gasteiger charge is -2.37. The SMILES string of the molecule is COc1ccccc1CNC(=O)C[C@@H]1C[C@@H]2c3cc(NC(=O)Nc4ccccc4F)ccc3O[C@@H]2[C@@H](CO)O1. The van der Waals surface area contributed by atoms with Gasteiger partial charge in [-0.25, -0.2) is 9.18 Å². The second-order valence-corrected chi connectivity index (χ2v) is 9.51. The van der Waals surface area contributed by atoms with E-state index in [1.54, 1.807) is 37.4 Å². The van der Waals surface area contributed by atoms with Gasteiger partial charge in [0, 0.05) is 29.3 Å². The number of methoxy groups -OCH3 is 1. The molecular formula is C29H30FN3O6. The molecule has 1 fully saturated rings. The summed E-state index contributed by atoms with van der Waals surface area (Å²) in [5.74, 6) is 0.470. The number of aliphatic hydroxyl groups excluding tert-OH is 1. The van der Waals surface area contributed by atoms with Crippen LogP contribution >= 0.6 is 0 Å². The van der Waals surface area contributed by atoms with Gasteiger partial charge in [-0.15, -0.1) is 0 Å². The smallest absolute Gasteiger partial charge is 0.323 e. The van der Waals surface area contributed by atoms with Gasteiger partial charge in [0.1, 0.15) is 29.5 Å². The minimum Gasteiger partial charge on any atom is -0.496 e. The third-order valence-electron chi connectivity index (χ3n) is 6.96. The first-order valence-electron chi connectivity index (χ1n) is 12.7. The summed E-state index contributed by atoms with van der Waals surface area (Å²) in [5, 5.41) is 18.1. The fourth-order valence-electron chi connectivity index (χ4n) is 5.14. The van der Waals surface area contributed by atoms with Crippen LogP contribution in [0, 0.1) is 5.82 Å². The first kappa shape index (κ1) is 26.5. The molecule has 5 rings (SSSR count). The number of carbonyl (C=O) groups is 2. The van der Waals surface area contributed by atoms with E-state index in [1.807, 2.05) is 24.3 Å². The van der Waals surface area contributed by atoms with Gasteiger partial charge in [-0.3, -0.25) is 4.79 Å². The molecular weight excluding hydrogens is 505 g/mol. The summed E-state index contributed by atoms with van der Waals surface area (Å²) in [7, 11) is 1.58. The maximum absolute atomic E-state index is 13.9. The summed E-state index contributed by atoms with van der Waals surface area (Å²) in [6.45, 7) is 0.0611. The number of fused-ring (bicyclic) bond motifs is 3. The number of aliphatic hydroxyl groups is 1. The molecule has 3 aromatic carbocycles. The van der Waals surface area contributed by atoms with E-state index in [1.165, 1.54) is 12.1 Å². The van der Waals surface area contributed by atoms with Crippen LogP contribution in [0.3, 0.4) is 0 Å².